The van der Waals surface area contributed by atoms with E-state index in [1.807, 2.05) is 12.1 Å². The van der Waals surface area contributed by atoms with Crippen LogP contribution in [0.15, 0.2) is 40.2 Å². The van der Waals surface area contributed by atoms with Gasteiger partial charge in [-0.05, 0) is 55.5 Å². The van der Waals surface area contributed by atoms with Crippen molar-refractivity contribution in [3.8, 4) is 5.88 Å². The van der Waals surface area contributed by atoms with Crippen molar-refractivity contribution < 1.29 is 5.11 Å². The largest absolute Gasteiger partial charge is 0.493 e. The first kappa shape index (κ1) is 19.1. The number of nitrogens with zero attached hydrogens (tertiary/aromatic N) is 4. The Labute approximate surface area is 177 Å². The lowest BCUT2D eigenvalue weighted by atomic mass is 10.1. The molecule has 0 aliphatic heterocycles. The van der Waals surface area contributed by atoms with Crippen LogP contribution in [0.25, 0.3) is 11.7 Å². The Morgan fingerprint density at radius 3 is 2.84 bits per heavy atom. The van der Waals surface area contributed by atoms with Gasteiger partial charge in [0, 0.05) is 17.0 Å². The van der Waals surface area contributed by atoms with Crippen molar-refractivity contribution in [1.82, 2.24) is 24.6 Å². The van der Waals surface area contributed by atoms with Gasteiger partial charge in [0.2, 0.25) is 5.88 Å². The summed E-state index contributed by atoms with van der Waals surface area (Å²) in [4.78, 5) is 25.8. The van der Waals surface area contributed by atoms with Crippen molar-refractivity contribution in [2.24, 2.45) is 4.99 Å². The number of hydrogen-bond acceptors (Lipinski definition) is 6. The average Bonchev–Trinajstić information content (AvgIpc) is 3.37. The standard InChI is InChI=1S/C22H23N7O2/c1-3-13-4-5-16(8-12(13)2)24-18-10-19(25-15-6-7-15)29-20(27-18)14(11-23-29)9-17-21(30)28-22(31)26-17/h4-5,8-11,15,24,30H,3,6-7H2,1-2H3,(H2,26,28,31). The first-order valence-electron chi connectivity index (χ1n) is 10.3. The highest BCUT2D eigenvalue weighted by Gasteiger charge is 2.20. The molecule has 1 fully saturated rings. The predicted molar refractivity (Wildman–Crippen MR) is 117 cm³/mol. The van der Waals surface area contributed by atoms with Gasteiger partial charge < -0.3 is 15.4 Å². The minimum atomic E-state index is -0.481. The number of imidazole rings is 1. The number of benzene rings is 1. The molecule has 0 spiro atoms. The summed E-state index contributed by atoms with van der Waals surface area (Å²) in [7, 11) is 0. The summed E-state index contributed by atoms with van der Waals surface area (Å²) < 4.78 is 1.68. The van der Waals surface area contributed by atoms with E-state index in [9.17, 15) is 9.90 Å². The molecule has 1 aliphatic carbocycles. The molecule has 9 heteroatoms. The van der Waals surface area contributed by atoms with Crippen LogP contribution in [0.3, 0.4) is 0 Å². The maximum atomic E-state index is 11.5. The van der Waals surface area contributed by atoms with Gasteiger partial charge in [-0.2, -0.15) is 9.61 Å². The van der Waals surface area contributed by atoms with Gasteiger partial charge in [-0.15, -0.1) is 0 Å². The number of fused-ring (bicyclic) bond motifs is 1. The summed E-state index contributed by atoms with van der Waals surface area (Å²) in [6.07, 6.45) is 6.41. The van der Waals surface area contributed by atoms with Crippen molar-refractivity contribution >= 4 is 23.2 Å². The second-order valence-corrected chi connectivity index (χ2v) is 7.80. The monoisotopic (exact) mass is 417 g/mol. The quantitative estimate of drug-likeness (QED) is 0.393. The van der Waals surface area contributed by atoms with Gasteiger partial charge in [0.1, 0.15) is 11.5 Å². The van der Waals surface area contributed by atoms with E-state index in [2.05, 4.69) is 46.4 Å². The van der Waals surface area contributed by atoms with Gasteiger partial charge in [-0.1, -0.05) is 13.0 Å². The number of anilines is 2. The highest BCUT2D eigenvalue weighted by molar-refractivity contribution is 5.62. The van der Waals surface area contributed by atoms with Gasteiger partial charge >= 0.3 is 5.69 Å². The lowest BCUT2D eigenvalue weighted by Crippen LogP contribution is -2.19. The first-order chi connectivity index (χ1) is 15.0. The van der Waals surface area contributed by atoms with Crippen LogP contribution in [0.2, 0.25) is 0 Å². The third kappa shape index (κ3) is 3.81. The van der Waals surface area contributed by atoms with Crippen LogP contribution in [-0.4, -0.2) is 35.7 Å². The van der Waals surface area contributed by atoms with Crippen molar-refractivity contribution in [2.75, 3.05) is 5.32 Å². The SMILES string of the molecule is CCc1ccc(Nc2cc(=NC3CC3)n3ncc(=Cc4[nH]c(=O)[nH]c4O)c3n2)cc1C. The number of H-pyrrole nitrogens is 2. The molecule has 9 nitrogen and oxygen atoms in total. The van der Waals surface area contributed by atoms with Crippen molar-refractivity contribution in [2.45, 2.75) is 39.2 Å². The van der Waals surface area contributed by atoms with E-state index in [0.717, 1.165) is 24.9 Å². The molecule has 4 N–H and O–H groups in total. The molecule has 0 unspecified atom stereocenters. The zero-order valence-electron chi connectivity index (χ0n) is 17.3. The minimum Gasteiger partial charge on any atom is -0.493 e. The summed E-state index contributed by atoms with van der Waals surface area (Å²) in [6.45, 7) is 4.24. The van der Waals surface area contributed by atoms with Crippen molar-refractivity contribution in [3.63, 3.8) is 0 Å². The maximum absolute atomic E-state index is 11.5. The molecule has 0 atom stereocenters. The van der Waals surface area contributed by atoms with Crippen LogP contribution < -0.4 is 21.7 Å². The Bertz CT molecular complexity index is 1460. The maximum Gasteiger partial charge on any atom is 0.326 e. The van der Waals surface area contributed by atoms with Crippen LogP contribution in [0, 0.1) is 6.92 Å². The minimum absolute atomic E-state index is 0.229. The molecule has 0 saturated heterocycles. The van der Waals surface area contributed by atoms with E-state index in [1.54, 1.807) is 16.8 Å². The van der Waals surface area contributed by atoms with Crippen LogP contribution in [0.1, 0.15) is 36.6 Å². The van der Waals surface area contributed by atoms with Gasteiger partial charge in [-0.3, -0.25) is 9.98 Å². The third-order valence-corrected chi connectivity index (χ3v) is 5.37. The molecule has 3 aromatic heterocycles. The number of aryl methyl sites for hydroxylation is 2. The highest BCUT2D eigenvalue weighted by Crippen LogP contribution is 2.23. The Hall–Kier alpha value is -3.88. The van der Waals surface area contributed by atoms with Gasteiger partial charge in [0.15, 0.2) is 11.1 Å². The summed E-state index contributed by atoms with van der Waals surface area (Å²) in [5, 5.41) is 18.4. The summed E-state index contributed by atoms with van der Waals surface area (Å²) in [6, 6.07) is 8.47. The van der Waals surface area contributed by atoms with Gasteiger partial charge in [0.05, 0.1) is 12.2 Å². The van der Waals surface area contributed by atoms with E-state index >= 15 is 0 Å². The van der Waals surface area contributed by atoms with Crippen molar-refractivity contribution in [3.05, 3.63) is 68.5 Å². The lowest BCUT2D eigenvalue weighted by Gasteiger charge is -2.09. The highest BCUT2D eigenvalue weighted by atomic mass is 16.3. The molecule has 3 heterocycles. The molecule has 0 bridgehead atoms. The zero-order valence-corrected chi connectivity index (χ0v) is 17.3. The summed E-state index contributed by atoms with van der Waals surface area (Å²) in [5.41, 5.74) is 4.56. The molecular formula is C22H23N7O2. The number of nitrogens with one attached hydrogen (secondary N) is 3. The predicted octanol–water partition coefficient (Wildman–Crippen LogP) is 1.68. The number of aromatic amines is 2. The summed E-state index contributed by atoms with van der Waals surface area (Å²) in [5.74, 6) is 0.422. The van der Waals surface area contributed by atoms with E-state index in [1.165, 1.54) is 11.1 Å². The van der Waals surface area contributed by atoms with E-state index in [0.29, 0.717) is 28.2 Å². The Kier molecular flexibility index (Phi) is 4.58. The molecule has 1 saturated carbocycles. The van der Waals surface area contributed by atoms with Crippen LogP contribution in [0.4, 0.5) is 11.5 Å². The van der Waals surface area contributed by atoms with Gasteiger partial charge in [0.25, 0.3) is 0 Å². The molecule has 158 valence electrons. The molecule has 0 amide bonds. The Balaban J connectivity index is 1.64. The fourth-order valence-electron chi connectivity index (χ4n) is 3.58. The lowest BCUT2D eigenvalue weighted by molar-refractivity contribution is 0.454. The number of aromatic hydroxyl groups is 1. The van der Waals surface area contributed by atoms with E-state index < -0.39 is 5.69 Å². The smallest absolute Gasteiger partial charge is 0.326 e. The molecule has 4 aromatic rings. The number of aromatic nitrogens is 5. The summed E-state index contributed by atoms with van der Waals surface area (Å²) >= 11 is 0. The molecule has 0 radical (unpaired) electrons. The molecule has 1 aliphatic rings. The van der Waals surface area contributed by atoms with Crippen LogP contribution >= 0.6 is 0 Å². The molecular weight excluding hydrogens is 394 g/mol. The van der Waals surface area contributed by atoms with Crippen molar-refractivity contribution in [1.29, 1.82) is 0 Å². The van der Waals surface area contributed by atoms with Crippen LogP contribution in [-0.2, 0) is 6.42 Å². The first-order valence-corrected chi connectivity index (χ1v) is 10.3. The fourth-order valence-corrected chi connectivity index (χ4v) is 3.58. The number of hydrogen-bond donors (Lipinski definition) is 4. The second kappa shape index (κ2) is 7.42. The normalized spacial score (nSPS) is 15.2. The fraction of sp³-hybridized carbons (Fsp3) is 0.273. The Morgan fingerprint density at radius 1 is 1.32 bits per heavy atom. The van der Waals surface area contributed by atoms with Crippen LogP contribution in [0.5, 0.6) is 5.88 Å². The molecule has 5 rings (SSSR count). The van der Waals surface area contributed by atoms with E-state index in [4.69, 9.17) is 9.98 Å². The average molecular weight is 417 g/mol. The Morgan fingerprint density at radius 2 is 2.16 bits per heavy atom. The third-order valence-electron chi connectivity index (χ3n) is 5.37. The molecule has 1 aromatic carbocycles. The number of rotatable bonds is 5. The van der Waals surface area contributed by atoms with Gasteiger partial charge in [-0.25, -0.2) is 9.78 Å². The van der Waals surface area contributed by atoms with E-state index in [-0.39, 0.29) is 11.6 Å². The topological polar surface area (TPSA) is 123 Å². The second-order valence-electron chi connectivity index (χ2n) is 7.80. The molecule has 31 heavy (non-hydrogen) atoms. The zero-order chi connectivity index (χ0) is 21.5.